The largest absolute Gasteiger partial charge is 0.507 e. The van der Waals surface area contributed by atoms with E-state index in [-0.39, 0.29) is 16.7 Å². The maximum Gasteiger partial charge on any atom is 0.295 e. The van der Waals surface area contributed by atoms with E-state index in [1.54, 1.807) is 4.90 Å². The van der Waals surface area contributed by atoms with Crippen molar-refractivity contribution in [3.8, 4) is 0 Å². The molecular formula is C30H38N2O4. The third-order valence-electron chi connectivity index (χ3n) is 7.26. The molecule has 0 bridgehead atoms. The van der Waals surface area contributed by atoms with Crippen LogP contribution in [0.1, 0.15) is 61.1 Å². The summed E-state index contributed by atoms with van der Waals surface area (Å²) in [6.07, 6.45) is 0.743. The number of carbonyl (C=O) groups excluding carboxylic acids is 2. The lowest BCUT2D eigenvalue weighted by molar-refractivity contribution is -0.140. The number of Topliss-reactive ketones (excluding diaryl/α,β-unsaturated/α-hetero) is 1. The highest BCUT2D eigenvalue weighted by molar-refractivity contribution is 6.46. The zero-order valence-electron chi connectivity index (χ0n) is 22.1. The SMILES string of the molecule is Cc1ccc(C)c(C(O)=C2C(=O)C(=O)N(CCCN3CCOCC3)C2c2ccc(C(C)(C)C)cc2)c1. The molecule has 0 aromatic heterocycles. The molecule has 2 fully saturated rings. The van der Waals surface area contributed by atoms with Crippen LogP contribution >= 0.6 is 0 Å². The van der Waals surface area contributed by atoms with Crippen molar-refractivity contribution >= 4 is 17.4 Å². The predicted molar refractivity (Wildman–Crippen MR) is 142 cm³/mol. The van der Waals surface area contributed by atoms with Gasteiger partial charge in [0.05, 0.1) is 24.8 Å². The molecule has 2 aliphatic rings. The van der Waals surface area contributed by atoms with E-state index in [0.717, 1.165) is 56.0 Å². The number of nitrogens with zero attached hydrogens (tertiary/aromatic N) is 2. The van der Waals surface area contributed by atoms with E-state index in [1.165, 1.54) is 5.56 Å². The van der Waals surface area contributed by atoms with Crippen molar-refractivity contribution < 1.29 is 19.4 Å². The van der Waals surface area contributed by atoms with Gasteiger partial charge in [0.2, 0.25) is 0 Å². The number of aryl methyl sites for hydroxylation is 2. The fraction of sp³-hybridized carbons (Fsp3) is 0.467. The van der Waals surface area contributed by atoms with Gasteiger partial charge < -0.3 is 14.7 Å². The van der Waals surface area contributed by atoms with E-state index < -0.39 is 17.7 Å². The van der Waals surface area contributed by atoms with Crippen molar-refractivity contribution in [2.45, 2.75) is 52.5 Å². The van der Waals surface area contributed by atoms with E-state index >= 15 is 0 Å². The molecule has 0 spiro atoms. The van der Waals surface area contributed by atoms with Gasteiger partial charge in [-0.3, -0.25) is 14.5 Å². The molecular weight excluding hydrogens is 452 g/mol. The van der Waals surface area contributed by atoms with Gasteiger partial charge in [-0.1, -0.05) is 62.7 Å². The molecule has 192 valence electrons. The fourth-order valence-corrected chi connectivity index (χ4v) is 5.05. The number of rotatable bonds is 6. The van der Waals surface area contributed by atoms with Crippen LogP contribution < -0.4 is 0 Å². The minimum absolute atomic E-state index is 0.0167. The first kappa shape index (κ1) is 26.1. The maximum absolute atomic E-state index is 13.4. The second-order valence-electron chi connectivity index (χ2n) is 11.0. The smallest absolute Gasteiger partial charge is 0.295 e. The number of aliphatic hydroxyl groups excluding tert-OH is 1. The van der Waals surface area contributed by atoms with Crippen LogP contribution in [0, 0.1) is 13.8 Å². The molecule has 2 aromatic rings. The van der Waals surface area contributed by atoms with Gasteiger partial charge in [0.1, 0.15) is 5.76 Å². The summed E-state index contributed by atoms with van der Waals surface area (Å²) in [4.78, 5) is 30.6. The van der Waals surface area contributed by atoms with Gasteiger partial charge in [0, 0.05) is 31.7 Å². The molecule has 1 N–H and O–H groups in total. The zero-order valence-corrected chi connectivity index (χ0v) is 22.1. The molecule has 6 nitrogen and oxygen atoms in total. The lowest BCUT2D eigenvalue weighted by Crippen LogP contribution is -2.39. The van der Waals surface area contributed by atoms with Gasteiger partial charge in [0.25, 0.3) is 11.7 Å². The van der Waals surface area contributed by atoms with Gasteiger partial charge >= 0.3 is 0 Å². The van der Waals surface area contributed by atoms with E-state index in [4.69, 9.17) is 4.74 Å². The van der Waals surface area contributed by atoms with Gasteiger partial charge in [-0.25, -0.2) is 0 Å². The van der Waals surface area contributed by atoms with Crippen molar-refractivity contribution in [3.05, 3.63) is 75.9 Å². The average molecular weight is 491 g/mol. The van der Waals surface area contributed by atoms with Crippen LogP contribution in [0.5, 0.6) is 0 Å². The van der Waals surface area contributed by atoms with Crippen LogP contribution in [0.25, 0.3) is 5.76 Å². The minimum Gasteiger partial charge on any atom is -0.507 e. The van der Waals surface area contributed by atoms with E-state index in [1.807, 2.05) is 44.2 Å². The van der Waals surface area contributed by atoms with Crippen LogP contribution in [0.4, 0.5) is 0 Å². The molecule has 36 heavy (non-hydrogen) atoms. The number of amides is 1. The Balaban J connectivity index is 1.72. The Hall–Kier alpha value is -2.96. The Labute approximate surface area is 214 Å². The summed E-state index contributed by atoms with van der Waals surface area (Å²) in [5.74, 6) is -1.27. The molecule has 2 saturated heterocycles. The number of ketones is 1. The number of likely N-dealkylation sites (tertiary alicyclic amines) is 1. The Bertz CT molecular complexity index is 1150. The molecule has 2 aromatic carbocycles. The first-order chi connectivity index (χ1) is 17.1. The average Bonchev–Trinajstić information content (AvgIpc) is 3.10. The highest BCUT2D eigenvalue weighted by Gasteiger charge is 2.46. The third kappa shape index (κ3) is 5.40. The first-order valence-electron chi connectivity index (χ1n) is 12.8. The van der Waals surface area contributed by atoms with E-state index in [2.05, 4.69) is 37.8 Å². The summed E-state index contributed by atoms with van der Waals surface area (Å²) in [6.45, 7) is 14.8. The molecule has 2 heterocycles. The topological polar surface area (TPSA) is 70.1 Å². The molecule has 4 rings (SSSR count). The molecule has 0 aliphatic carbocycles. The summed E-state index contributed by atoms with van der Waals surface area (Å²) in [7, 11) is 0. The number of carbonyl (C=O) groups is 2. The molecule has 2 aliphatic heterocycles. The van der Waals surface area contributed by atoms with Gasteiger partial charge in [-0.05, 0) is 48.4 Å². The van der Waals surface area contributed by atoms with Crippen molar-refractivity contribution in [2.24, 2.45) is 0 Å². The van der Waals surface area contributed by atoms with Crippen LogP contribution in [0.3, 0.4) is 0 Å². The van der Waals surface area contributed by atoms with Gasteiger partial charge in [0.15, 0.2) is 0 Å². The summed E-state index contributed by atoms with van der Waals surface area (Å²) in [5.41, 5.74) is 4.59. The van der Waals surface area contributed by atoms with Crippen molar-refractivity contribution in [1.29, 1.82) is 0 Å². The van der Waals surface area contributed by atoms with Gasteiger partial charge in [-0.2, -0.15) is 0 Å². The van der Waals surface area contributed by atoms with E-state index in [0.29, 0.717) is 12.1 Å². The molecule has 0 radical (unpaired) electrons. The number of benzene rings is 2. The number of aliphatic hydroxyl groups is 1. The molecule has 0 saturated carbocycles. The highest BCUT2D eigenvalue weighted by atomic mass is 16.5. The number of ether oxygens (including phenoxy) is 1. The van der Waals surface area contributed by atoms with Crippen LogP contribution in [0.15, 0.2) is 48.0 Å². The minimum atomic E-state index is -0.622. The van der Waals surface area contributed by atoms with Crippen molar-refractivity contribution in [2.75, 3.05) is 39.4 Å². The Morgan fingerprint density at radius 1 is 1.00 bits per heavy atom. The Kier molecular flexibility index (Phi) is 7.67. The van der Waals surface area contributed by atoms with Crippen LogP contribution in [-0.4, -0.2) is 66.0 Å². The lowest BCUT2D eigenvalue weighted by atomic mass is 9.85. The lowest BCUT2D eigenvalue weighted by Gasteiger charge is -2.29. The van der Waals surface area contributed by atoms with Crippen molar-refractivity contribution in [1.82, 2.24) is 9.80 Å². The predicted octanol–water partition coefficient (Wildman–Crippen LogP) is 4.74. The zero-order chi connectivity index (χ0) is 26.0. The summed E-state index contributed by atoms with van der Waals surface area (Å²) >= 11 is 0. The standard InChI is InChI=1S/C30H38N2O4/c1-20-7-8-21(2)24(19-20)27(33)25-26(22-9-11-23(12-10-22)30(3,4)5)32(29(35)28(25)34)14-6-13-31-15-17-36-18-16-31/h7-12,19,26,33H,6,13-18H2,1-5H3. The third-order valence-corrected chi connectivity index (χ3v) is 7.26. The summed E-state index contributed by atoms with van der Waals surface area (Å²) in [6, 6.07) is 13.2. The second kappa shape index (κ2) is 10.6. The maximum atomic E-state index is 13.4. The Morgan fingerprint density at radius 3 is 2.31 bits per heavy atom. The molecule has 1 atom stereocenters. The number of morpholine rings is 1. The van der Waals surface area contributed by atoms with Crippen molar-refractivity contribution in [3.63, 3.8) is 0 Å². The molecule has 1 amide bonds. The molecule has 1 unspecified atom stereocenters. The van der Waals surface area contributed by atoms with Crippen LogP contribution in [0.2, 0.25) is 0 Å². The van der Waals surface area contributed by atoms with Crippen LogP contribution in [-0.2, 0) is 19.7 Å². The number of hydrogen-bond acceptors (Lipinski definition) is 5. The fourth-order valence-electron chi connectivity index (χ4n) is 5.05. The molecule has 6 heteroatoms. The first-order valence-corrected chi connectivity index (χ1v) is 12.8. The van der Waals surface area contributed by atoms with E-state index in [9.17, 15) is 14.7 Å². The second-order valence-corrected chi connectivity index (χ2v) is 11.0. The monoisotopic (exact) mass is 490 g/mol. The summed E-state index contributed by atoms with van der Waals surface area (Å²) in [5, 5.41) is 11.4. The highest BCUT2D eigenvalue weighted by Crippen LogP contribution is 2.40. The van der Waals surface area contributed by atoms with Gasteiger partial charge in [-0.15, -0.1) is 0 Å². The number of hydrogen-bond donors (Lipinski definition) is 1. The summed E-state index contributed by atoms with van der Waals surface area (Å²) < 4.78 is 5.43. The normalized spacial score (nSPS) is 20.8. The Morgan fingerprint density at radius 2 is 1.67 bits per heavy atom. The quantitative estimate of drug-likeness (QED) is 0.360.